The molecule has 3 rings (SSSR count). The molecule has 29 heavy (non-hydrogen) atoms. The Hall–Kier alpha value is -2.09. The van der Waals surface area contributed by atoms with Crippen LogP contribution in [0, 0.1) is 5.82 Å². The van der Waals surface area contributed by atoms with Gasteiger partial charge in [0.25, 0.3) is 0 Å². The summed E-state index contributed by atoms with van der Waals surface area (Å²) in [5, 5.41) is 13.3. The number of aryl methyl sites for hydroxylation is 1. The number of benzene rings is 1. The second-order valence-electron chi connectivity index (χ2n) is 7.47. The van der Waals surface area contributed by atoms with Crippen LogP contribution in [0.5, 0.6) is 0 Å². The van der Waals surface area contributed by atoms with Crippen molar-refractivity contribution in [2.24, 2.45) is 4.99 Å². The largest absolute Gasteiger partial charge is 0.356 e. The third-order valence-electron chi connectivity index (χ3n) is 5.37. The average molecular weight is 419 g/mol. The van der Waals surface area contributed by atoms with Crippen molar-refractivity contribution < 1.29 is 4.39 Å². The molecule has 0 amide bonds. The van der Waals surface area contributed by atoms with Gasteiger partial charge in [0, 0.05) is 39.6 Å². The van der Waals surface area contributed by atoms with Gasteiger partial charge in [-0.2, -0.15) is 0 Å². The Kier molecular flexibility index (Phi) is 7.91. The first-order valence-electron chi connectivity index (χ1n) is 10.3. The number of rotatable bonds is 8. The molecule has 0 bridgehead atoms. The number of hydrogen-bond acceptors (Lipinski definition) is 4. The fourth-order valence-electron chi connectivity index (χ4n) is 3.92. The molecule has 1 aliphatic carbocycles. The minimum Gasteiger partial charge on any atom is -0.356 e. The molecule has 1 heterocycles. The molecule has 158 valence electrons. The minimum atomic E-state index is -0.214. The normalized spacial score (nSPS) is 15.1. The number of hydrogen-bond donors (Lipinski definition) is 1. The molecule has 1 N–H and O–H groups in total. The van der Waals surface area contributed by atoms with Gasteiger partial charge in [0.05, 0.1) is 0 Å². The van der Waals surface area contributed by atoms with Gasteiger partial charge in [0.15, 0.2) is 11.1 Å². The highest BCUT2D eigenvalue weighted by molar-refractivity contribution is 7.98. The molecule has 1 fully saturated rings. The molecule has 0 aliphatic heterocycles. The zero-order valence-corrected chi connectivity index (χ0v) is 18.4. The van der Waals surface area contributed by atoms with Crippen LogP contribution in [0.25, 0.3) is 0 Å². The minimum absolute atomic E-state index is 0.214. The van der Waals surface area contributed by atoms with E-state index in [4.69, 9.17) is 0 Å². The lowest BCUT2D eigenvalue weighted by molar-refractivity contribution is 0.457. The van der Waals surface area contributed by atoms with Crippen molar-refractivity contribution in [3.05, 3.63) is 41.5 Å². The van der Waals surface area contributed by atoms with Crippen LogP contribution in [0.2, 0.25) is 0 Å². The number of aliphatic imine (C=N–C) groups is 1. The van der Waals surface area contributed by atoms with Crippen molar-refractivity contribution in [3.8, 4) is 0 Å². The lowest BCUT2D eigenvalue weighted by atomic mass is 10.2. The van der Waals surface area contributed by atoms with Gasteiger partial charge in [-0.25, -0.2) is 4.39 Å². The zero-order valence-electron chi connectivity index (χ0n) is 17.6. The van der Waals surface area contributed by atoms with E-state index in [1.54, 1.807) is 30.9 Å². The van der Waals surface area contributed by atoms with Crippen LogP contribution in [0.1, 0.15) is 49.5 Å². The number of nitrogens with one attached hydrogen (secondary N) is 1. The third-order valence-corrected chi connectivity index (χ3v) is 6.02. The molecule has 1 saturated carbocycles. The van der Waals surface area contributed by atoms with E-state index in [2.05, 4.69) is 31.3 Å². The molecule has 0 unspecified atom stereocenters. The van der Waals surface area contributed by atoms with Crippen molar-refractivity contribution >= 4 is 17.7 Å². The summed E-state index contributed by atoms with van der Waals surface area (Å²) in [4.78, 5) is 6.41. The van der Waals surface area contributed by atoms with Crippen molar-refractivity contribution in [2.75, 3.05) is 26.9 Å². The molecular formula is C21H31FN6S. The Morgan fingerprint density at radius 3 is 2.66 bits per heavy atom. The van der Waals surface area contributed by atoms with Crippen LogP contribution in [0.15, 0.2) is 34.4 Å². The average Bonchev–Trinajstić information content (AvgIpc) is 3.38. The standard InChI is InChI=1S/C21H31FN6S/c1-23-20(27(2)15-16-10-12-17(22)13-11-16)24-14-6-9-19-25-26-21(29-3)28(19)18-7-4-5-8-18/h10-13,18H,4-9,14-15H2,1-3H3,(H,23,24). The van der Waals surface area contributed by atoms with E-state index in [0.717, 1.165) is 41.9 Å². The van der Waals surface area contributed by atoms with E-state index in [1.807, 2.05) is 11.9 Å². The fourth-order valence-corrected chi connectivity index (χ4v) is 4.49. The number of nitrogens with zero attached hydrogens (tertiary/aromatic N) is 5. The van der Waals surface area contributed by atoms with E-state index in [-0.39, 0.29) is 5.82 Å². The number of guanidine groups is 1. The van der Waals surface area contributed by atoms with Gasteiger partial charge in [-0.15, -0.1) is 10.2 Å². The summed E-state index contributed by atoms with van der Waals surface area (Å²) in [6.45, 7) is 1.49. The SMILES string of the molecule is CN=C(NCCCc1nnc(SC)n1C1CCCC1)N(C)Cc1ccc(F)cc1. The van der Waals surface area contributed by atoms with Gasteiger partial charge in [-0.1, -0.05) is 36.7 Å². The predicted octanol–water partition coefficient (Wildman–Crippen LogP) is 3.89. The maximum atomic E-state index is 13.1. The Morgan fingerprint density at radius 2 is 2.00 bits per heavy atom. The molecule has 0 saturated heterocycles. The quantitative estimate of drug-likeness (QED) is 0.305. The predicted molar refractivity (Wildman–Crippen MR) is 117 cm³/mol. The Bertz CT molecular complexity index is 798. The number of halogens is 1. The van der Waals surface area contributed by atoms with Gasteiger partial charge in [0.2, 0.25) is 0 Å². The van der Waals surface area contributed by atoms with Crippen LogP contribution in [0.3, 0.4) is 0 Å². The van der Waals surface area contributed by atoms with Crippen LogP contribution in [0.4, 0.5) is 4.39 Å². The first-order valence-corrected chi connectivity index (χ1v) is 11.5. The molecule has 1 aliphatic rings. The van der Waals surface area contributed by atoms with Crippen molar-refractivity contribution in [1.82, 2.24) is 25.0 Å². The van der Waals surface area contributed by atoms with E-state index in [1.165, 1.54) is 37.8 Å². The van der Waals surface area contributed by atoms with Crippen LogP contribution in [-0.4, -0.2) is 52.5 Å². The summed E-state index contributed by atoms with van der Waals surface area (Å²) in [5.74, 6) is 1.71. The van der Waals surface area contributed by atoms with Crippen LogP contribution >= 0.6 is 11.8 Å². The lowest BCUT2D eigenvalue weighted by Crippen LogP contribution is -2.39. The summed E-state index contributed by atoms with van der Waals surface area (Å²) < 4.78 is 15.5. The molecule has 0 radical (unpaired) electrons. The van der Waals surface area contributed by atoms with Gasteiger partial charge < -0.3 is 14.8 Å². The first-order chi connectivity index (χ1) is 14.1. The van der Waals surface area contributed by atoms with Gasteiger partial charge >= 0.3 is 0 Å². The maximum Gasteiger partial charge on any atom is 0.193 e. The van der Waals surface area contributed by atoms with E-state index < -0.39 is 0 Å². The summed E-state index contributed by atoms with van der Waals surface area (Å²) in [7, 11) is 3.77. The highest BCUT2D eigenvalue weighted by Gasteiger charge is 2.23. The molecule has 8 heteroatoms. The smallest absolute Gasteiger partial charge is 0.193 e. The maximum absolute atomic E-state index is 13.1. The van der Waals surface area contributed by atoms with Crippen molar-refractivity contribution in [3.63, 3.8) is 0 Å². The summed E-state index contributed by atoms with van der Waals surface area (Å²) in [5.41, 5.74) is 1.05. The molecule has 6 nitrogen and oxygen atoms in total. The molecule has 0 spiro atoms. The first kappa shape index (κ1) is 21.6. The van der Waals surface area contributed by atoms with Crippen molar-refractivity contribution in [2.45, 2.75) is 56.3 Å². The van der Waals surface area contributed by atoms with Gasteiger partial charge in [-0.3, -0.25) is 4.99 Å². The fraction of sp³-hybridized carbons (Fsp3) is 0.571. The van der Waals surface area contributed by atoms with Gasteiger partial charge in [-0.05, 0) is 43.2 Å². The van der Waals surface area contributed by atoms with Gasteiger partial charge in [0.1, 0.15) is 11.6 Å². The summed E-state index contributed by atoms with van der Waals surface area (Å²) in [6, 6.07) is 7.15. The summed E-state index contributed by atoms with van der Waals surface area (Å²) >= 11 is 1.68. The van der Waals surface area contributed by atoms with Crippen LogP contribution < -0.4 is 5.32 Å². The third kappa shape index (κ3) is 5.72. The van der Waals surface area contributed by atoms with E-state index in [9.17, 15) is 4.39 Å². The monoisotopic (exact) mass is 418 g/mol. The van der Waals surface area contributed by atoms with Crippen molar-refractivity contribution in [1.29, 1.82) is 0 Å². The Morgan fingerprint density at radius 1 is 1.28 bits per heavy atom. The number of thioether (sulfide) groups is 1. The second kappa shape index (κ2) is 10.6. The van der Waals surface area contributed by atoms with Crippen LogP contribution in [-0.2, 0) is 13.0 Å². The molecule has 1 aromatic heterocycles. The Labute approximate surface area is 177 Å². The zero-order chi connectivity index (χ0) is 20.6. The second-order valence-corrected chi connectivity index (χ2v) is 8.24. The Balaban J connectivity index is 1.50. The van der Waals surface area contributed by atoms with E-state index >= 15 is 0 Å². The number of aromatic nitrogens is 3. The topological polar surface area (TPSA) is 58.3 Å². The molecule has 0 atom stereocenters. The molecular weight excluding hydrogens is 387 g/mol. The van der Waals surface area contributed by atoms with E-state index in [0.29, 0.717) is 12.6 Å². The highest BCUT2D eigenvalue weighted by atomic mass is 32.2. The molecule has 2 aromatic rings. The highest BCUT2D eigenvalue weighted by Crippen LogP contribution is 2.33. The summed E-state index contributed by atoms with van der Waals surface area (Å²) in [6.07, 6.45) is 9.00. The molecule has 1 aromatic carbocycles. The lowest BCUT2D eigenvalue weighted by Gasteiger charge is -2.22.